The van der Waals surface area contributed by atoms with Crippen LogP contribution in [0.3, 0.4) is 0 Å². The fourth-order valence-corrected chi connectivity index (χ4v) is 5.66. The van der Waals surface area contributed by atoms with Gasteiger partial charge in [0.05, 0.1) is 12.1 Å². The molecule has 2 amide bonds. The largest absolute Gasteiger partial charge is 0.550 e. The van der Waals surface area contributed by atoms with Crippen LogP contribution in [0.15, 0.2) is 78.9 Å². The summed E-state index contributed by atoms with van der Waals surface area (Å²) in [6, 6.07) is 23.9. The van der Waals surface area contributed by atoms with Crippen molar-refractivity contribution in [2.75, 3.05) is 13.2 Å². The van der Waals surface area contributed by atoms with Gasteiger partial charge in [0.25, 0.3) is 0 Å². The average molecular weight is 528 g/mol. The van der Waals surface area contributed by atoms with Gasteiger partial charge in [0.15, 0.2) is 0 Å². The average Bonchev–Trinajstić information content (AvgIpc) is 3.28. The van der Waals surface area contributed by atoms with Crippen molar-refractivity contribution < 1.29 is 29.0 Å². The number of amides is 2. The van der Waals surface area contributed by atoms with E-state index >= 15 is 0 Å². The number of nitrogens with one attached hydrogen (secondary N) is 1. The Hall–Kier alpha value is -4.33. The Morgan fingerprint density at radius 1 is 0.872 bits per heavy atom. The van der Waals surface area contributed by atoms with Crippen LogP contribution in [-0.4, -0.2) is 48.3 Å². The molecule has 8 heteroatoms. The number of benzene rings is 3. The zero-order chi connectivity index (χ0) is 27.2. The van der Waals surface area contributed by atoms with Crippen LogP contribution in [-0.2, 0) is 20.9 Å². The standard InChI is InChI=1S/C31H32N2O6/c34-29(35)18-27(28-16-8-9-17-33(28)31(37)39-19-21-10-2-1-3-11-21)32-30(36)38-20-26-24-14-6-4-12-22(24)23-13-5-7-15-25(23)26/h1-7,10-15,26-28H,8-9,16-20H2,(H,32,36)(H,34,35)/p-1. The van der Waals surface area contributed by atoms with Gasteiger partial charge in [0.1, 0.15) is 13.2 Å². The Balaban J connectivity index is 1.25. The number of alkyl carbamates (subject to hydrolysis) is 1. The van der Waals surface area contributed by atoms with Crippen molar-refractivity contribution in [2.45, 2.75) is 50.3 Å². The van der Waals surface area contributed by atoms with E-state index in [-0.39, 0.29) is 19.1 Å². The second-order valence-electron chi connectivity index (χ2n) is 9.95. The fraction of sp³-hybridized carbons (Fsp3) is 0.323. The minimum atomic E-state index is -1.32. The number of ether oxygens (including phenoxy) is 2. The number of carbonyl (C=O) groups excluding carboxylic acids is 3. The lowest BCUT2D eigenvalue weighted by Crippen LogP contribution is -2.57. The van der Waals surface area contributed by atoms with Crippen LogP contribution in [0.25, 0.3) is 11.1 Å². The van der Waals surface area contributed by atoms with Crippen molar-refractivity contribution in [1.82, 2.24) is 10.2 Å². The van der Waals surface area contributed by atoms with Gasteiger partial charge in [-0.25, -0.2) is 9.59 Å². The first-order valence-electron chi connectivity index (χ1n) is 13.3. The number of carboxylic acid groups (broad SMARTS) is 1. The van der Waals surface area contributed by atoms with Gasteiger partial charge >= 0.3 is 12.2 Å². The molecule has 39 heavy (non-hydrogen) atoms. The topological polar surface area (TPSA) is 108 Å². The Bertz CT molecular complexity index is 1280. The van der Waals surface area contributed by atoms with Crippen LogP contribution < -0.4 is 10.4 Å². The van der Waals surface area contributed by atoms with Gasteiger partial charge in [-0.15, -0.1) is 0 Å². The smallest absolute Gasteiger partial charge is 0.410 e. The first kappa shape index (κ1) is 26.3. The number of hydrogen-bond donors (Lipinski definition) is 1. The number of aliphatic carboxylic acids is 1. The van der Waals surface area contributed by atoms with Crippen molar-refractivity contribution in [2.24, 2.45) is 0 Å². The van der Waals surface area contributed by atoms with E-state index in [2.05, 4.69) is 17.4 Å². The Kier molecular flexibility index (Phi) is 8.10. The van der Waals surface area contributed by atoms with Gasteiger partial charge in [-0.2, -0.15) is 0 Å². The molecule has 1 aliphatic heterocycles. The normalized spacial score (nSPS) is 17.0. The summed E-state index contributed by atoms with van der Waals surface area (Å²) in [6.45, 7) is 0.619. The summed E-state index contributed by atoms with van der Waals surface area (Å²) in [5, 5.41) is 14.3. The predicted molar refractivity (Wildman–Crippen MR) is 143 cm³/mol. The van der Waals surface area contributed by atoms with E-state index in [4.69, 9.17) is 9.47 Å². The van der Waals surface area contributed by atoms with Crippen LogP contribution >= 0.6 is 0 Å². The molecule has 2 atom stereocenters. The highest BCUT2D eigenvalue weighted by molar-refractivity contribution is 5.79. The minimum absolute atomic E-state index is 0.103. The SMILES string of the molecule is O=C([O-])CC(NC(=O)OCC1c2ccccc2-c2ccccc21)C1CCCCN1C(=O)OCc1ccccc1. The number of carbonyl (C=O) groups is 3. The maximum absolute atomic E-state index is 13.0. The summed E-state index contributed by atoms with van der Waals surface area (Å²) in [6.07, 6.45) is 0.370. The zero-order valence-electron chi connectivity index (χ0n) is 21.6. The van der Waals surface area contributed by atoms with Crippen molar-refractivity contribution in [3.8, 4) is 11.1 Å². The van der Waals surface area contributed by atoms with Crippen LogP contribution in [0.5, 0.6) is 0 Å². The number of rotatable bonds is 8. The summed E-state index contributed by atoms with van der Waals surface area (Å²) in [5.41, 5.74) is 5.24. The summed E-state index contributed by atoms with van der Waals surface area (Å²) in [7, 11) is 0. The Morgan fingerprint density at radius 2 is 1.51 bits per heavy atom. The number of likely N-dealkylation sites (tertiary alicyclic amines) is 1. The number of nitrogens with zero attached hydrogens (tertiary/aromatic N) is 1. The quantitative estimate of drug-likeness (QED) is 0.470. The third kappa shape index (κ3) is 6.06. The first-order chi connectivity index (χ1) is 19.0. The van der Waals surface area contributed by atoms with Gasteiger partial charge < -0.3 is 29.6 Å². The Labute approximate surface area is 227 Å². The monoisotopic (exact) mass is 527 g/mol. The summed E-state index contributed by atoms with van der Waals surface area (Å²) < 4.78 is 11.2. The molecule has 0 saturated carbocycles. The highest BCUT2D eigenvalue weighted by atomic mass is 16.6. The number of hydrogen-bond acceptors (Lipinski definition) is 6. The van der Waals surface area contributed by atoms with E-state index < -0.39 is 36.7 Å². The second kappa shape index (κ2) is 12.0. The van der Waals surface area contributed by atoms with Crippen LogP contribution in [0.2, 0.25) is 0 Å². The lowest BCUT2D eigenvalue weighted by Gasteiger charge is -2.39. The van der Waals surface area contributed by atoms with E-state index in [1.54, 1.807) is 0 Å². The molecule has 0 radical (unpaired) electrons. The zero-order valence-corrected chi connectivity index (χ0v) is 21.6. The molecule has 2 unspecified atom stereocenters. The molecule has 1 aliphatic carbocycles. The molecule has 2 aliphatic rings. The van der Waals surface area contributed by atoms with E-state index in [1.165, 1.54) is 4.90 Å². The second-order valence-corrected chi connectivity index (χ2v) is 9.95. The van der Waals surface area contributed by atoms with Crippen LogP contribution in [0, 0.1) is 0 Å². The highest BCUT2D eigenvalue weighted by Crippen LogP contribution is 2.44. The van der Waals surface area contributed by atoms with Gasteiger partial charge in [0, 0.05) is 24.9 Å². The fourth-order valence-electron chi connectivity index (χ4n) is 5.66. The molecule has 0 aromatic heterocycles. The van der Waals surface area contributed by atoms with E-state index in [0.29, 0.717) is 13.0 Å². The molecule has 3 aromatic carbocycles. The van der Waals surface area contributed by atoms with E-state index in [0.717, 1.165) is 40.7 Å². The van der Waals surface area contributed by atoms with Gasteiger partial charge in [-0.1, -0.05) is 78.9 Å². The van der Waals surface area contributed by atoms with E-state index in [1.807, 2.05) is 66.7 Å². The molecule has 1 N–H and O–H groups in total. The van der Waals surface area contributed by atoms with Crippen molar-refractivity contribution in [1.29, 1.82) is 0 Å². The van der Waals surface area contributed by atoms with Crippen molar-refractivity contribution in [3.05, 3.63) is 95.6 Å². The van der Waals surface area contributed by atoms with Crippen LogP contribution in [0.1, 0.15) is 48.3 Å². The molecule has 1 saturated heterocycles. The third-order valence-corrected chi connectivity index (χ3v) is 7.49. The Morgan fingerprint density at radius 3 is 2.18 bits per heavy atom. The molecule has 202 valence electrons. The van der Waals surface area contributed by atoms with Crippen LogP contribution in [0.4, 0.5) is 9.59 Å². The number of fused-ring (bicyclic) bond motifs is 3. The molecule has 0 spiro atoms. The van der Waals surface area contributed by atoms with Gasteiger partial charge in [-0.05, 0) is 47.1 Å². The minimum Gasteiger partial charge on any atom is -0.550 e. The number of piperidine rings is 1. The maximum Gasteiger partial charge on any atom is 0.410 e. The maximum atomic E-state index is 13.0. The molecular formula is C31H31N2O6-. The molecular weight excluding hydrogens is 496 g/mol. The molecule has 8 nitrogen and oxygen atoms in total. The third-order valence-electron chi connectivity index (χ3n) is 7.49. The lowest BCUT2D eigenvalue weighted by molar-refractivity contribution is -0.306. The van der Waals surface area contributed by atoms with Crippen molar-refractivity contribution >= 4 is 18.2 Å². The molecule has 1 fully saturated rings. The van der Waals surface area contributed by atoms with Gasteiger partial charge in [0.2, 0.25) is 0 Å². The molecule has 1 heterocycles. The highest BCUT2D eigenvalue weighted by Gasteiger charge is 2.36. The lowest BCUT2D eigenvalue weighted by atomic mass is 9.94. The predicted octanol–water partition coefficient (Wildman–Crippen LogP) is 4.23. The first-order valence-corrected chi connectivity index (χ1v) is 13.3. The number of carboxylic acids is 1. The molecule has 3 aromatic rings. The summed E-state index contributed by atoms with van der Waals surface area (Å²) in [4.78, 5) is 39.1. The van der Waals surface area contributed by atoms with Gasteiger partial charge in [-0.3, -0.25) is 0 Å². The van der Waals surface area contributed by atoms with E-state index in [9.17, 15) is 19.5 Å². The molecule has 0 bridgehead atoms. The molecule has 5 rings (SSSR count). The summed E-state index contributed by atoms with van der Waals surface area (Å²) in [5.74, 6) is -1.44. The van der Waals surface area contributed by atoms with Crippen molar-refractivity contribution in [3.63, 3.8) is 0 Å². The summed E-state index contributed by atoms with van der Waals surface area (Å²) >= 11 is 0.